The van der Waals surface area contributed by atoms with Crippen LogP contribution in [0.3, 0.4) is 0 Å². The van der Waals surface area contributed by atoms with Crippen LogP contribution in [-0.2, 0) is 0 Å². The molecule has 3 unspecified atom stereocenters. The minimum Gasteiger partial charge on any atom is -0.393 e. The van der Waals surface area contributed by atoms with Crippen molar-refractivity contribution in [3.05, 3.63) is 0 Å². The van der Waals surface area contributed by atoms with Gasteiger partial charge in [-0.2, -0.15) is 0 Å². The SMILES string of the molecule is CCCCC(C(C)CC)C(O)C(C)C. The number of unbranched alkanes of at least 4 members (excludes halogenated alkanes) is 1. The van der Waals surface area contributed by atoms with Crippen LogP contribution in [0.4, 0.5) is 0 Å². The van der Waals surface area contributed by atoms with Gasteiger partial charge in [0.05, 0.1) is 6.10 Å². The quantitative estimate of drug-likeness (QED) is 0.661. The summed E-state index contributed by atoms with van der Waals surface area (Å²) in [5.74, 6) is 1.55. The van der Waals surface area contributed by atoms with E-state index in [2.05, 4.69) is 34.6 Å². The molecule has 1 nitrogen and oxygen atoms in total. The lowest BCUT2D eigenvalue weighted by atomic mass is 9.79. The Hall–Kier alpha value is -0.0400. The van der Waals surface area contributed by atoms with Gasteiger partial charge in [-0.3, -0.25) is 0 Å². The second-order valence-corrected chi connectivity index (χ2v) is 4.93. The third-order valence-corrected chi connectivity index (χ3v) is 3.39. The van der Waals surface area contributed by atoms with E-state index < -0.39 is 0 Å². The minimum atomic E-state index is -0.114. The van der Waals surface area contributed by atoms with Crippen LogP contribution in [0.1, 0.15) is 60.3 Å². The Kier molecular flexibility index (Phi) is 7.26. The molecule has 0 aliphatic carbocycles. The van der Waals surface area contributed by atoms with E-state index in [1.165, 1.54) is 25.7 Å². The molecule has 0 aromatic carbocycles. The van der Waals surface area contributed by atoms with Crippen LogP contribution in [0.2, 0.25) is 0 Å². The summed E-state index contributed by atoms with van der Waals surface area (Å²) in [6, 6.07) is 0. The Morgan fingerprint density at radius 1 is 1.07 bits per heavy atom. The highest BCUT2D eigenvalue weighted by atomic mass is 16.3. The fraction of sp³-hybridized carbons (Fsp3) is 1.00. The molecular formula is C13H28O. The molecule has 0 aromatic rings. The van der Waals surface area contributed by atoms with E-state index in [1.807, 2.05) is 0 Å². The Balaban J connectivity index is 4.22. The fourth-order valence-corrected chi connectivity index (χ4v) is 2.03. The van der Waals surface area contributed by atoms with Crippen LogP contribution in [0, 0.1) is 17.8 Å². The minimum absolute atomic E-state index is 0.114. The molecule has 1 N–H and O–H groups in total. The number of aliphatic hydroxyl groups excluding tert-OH is 1. The molecule has 0 fully saturated rings. The monoisotopic (exact) mass is 200 g/mol. The highest BCUT2D eigenvalue weighted by Gasteiger charge is 2.25. The van der Waals surface area contributed by atoms with Crippen LogP contribution in [0.15, 0.2) is 0 Å². The first kappa shape index (κ1) is 14.0. The first-order valence-electron chi connectivity index (χ1n) is 6.22. The van der Waals surface area contributed by atoms with Gasteiger partial charge in [-0.25, -0.2) is 0 Å². The third kappa shape index (κ3) is 4.45. The fourth-order valence-electron chi connectivity index (χ4n) is 2.03. The molecule has 86 valence electrons. The normalized spacial score (nSPS) is 18.2. The van der Waals surface area contributed by atoms with Crippen molar-refractivity contribution in [3.63, 3.8) is 0 Å². The van der Waals surface area contributed by atoms with E-state index >= 15 is 0 Å². The van der Waals surface area contributed by atoms with Gasteiger partial charge in [0.1, 0.15) is 0 Å². The van der Waals surface area contributed by atoms with E-state index in [4.69, 9.17) is 0 Å². The maximum Gasteiger partial charge on any atom is 0.0593 e. The molecule has 0 saturated heterocycles. The number of rotatable bonds is 7. The molecule has 0 radical (unpaired) electrons. The first-order valence-corrected chi connectivity index (χ1v) is 6.22. The van der Waals surface area contributed by atoms with Gasteiger partial charge in [-0.15, -0.1) is 0 Å². The molecule has 0 heterocycles. The smallest absolute Gasteiger partial charge is 0.0593 e. The number of hydrogen-bond acceptors (Lipinski definition) is 1. The van der Waals surface area contributed by atoms with Crippen molar-refractivity contribution < 1.29 is 5.11 Å². The maximum atomic E-state index is 10.1. The molecule has 1 heteroatoms. The predicted molar refractivity (Wildman–Crippen MR) is 63.3 cm³/mol. The molecule has 0 aliphatic rings. The van der Waals surface area contributed by atoms with Crippen LogP contribution in [-0.4, -0.2) is 11.2 Å². The van der Waals surface area contributed by atoms with Crippen LogP contribution < -0.4 is 0 Å². The topological polar surface area (TPSA) is 20.2 Å². The zero-order valence-corrected chi connectivity index (χ0v) is 10.6. The summed E-state index contributed by atoms with van der Waals surface area (Å²) < 4.78 is 0. The second kappa shape index (κ2) is 7.28. The van der Waals surface area contributed by atoms with Crippen molar-refractivity contribution in [2.75, 3.05) is 0 Å². The van der Waals surface area contributed by atoms with Gasteiger partial charge in [0.2, 0.25) is 0 Å². The highest BCUT2D eigenvalue weighted by Crippen LogP contribution is 2.28. The van der Waals surface area contributed by atoms with Gasteiger partial charge in [-0.1, -0.05) is 53.9 Å². The molecule has 0 spiro atoms. The summed E-state index contributed by atoms with van der Waals surface area (Å²) in [6.07, 6.45) is 4.73. The van der Waals surface area contributed by atoms with Gasteiger partial charge in [0, 0.05) is 0 Å². The maximum absolute atomic E-state index is 10.1. The Morgan fingerprint density at radius 3 is 2.00 bits per heavy atom. The van der Waals surface area contributed by atoms with Crippen molar-refractivity contribution in [2.24, 2.45) is 17.8 Å². The predicted octanol–water partition coefficient (Wildman–Crippen LogP) is 3.86. The van der Waals surface area contributed by atoms with E-state index in [1.54, 1.807) is 0 Å². The number of aliphatic hydroxyl groups is 1. The Bertz CT molecular complexity index is 131. The lowest BCUT2D eigenvalue weighted by Crippen LogP contribution is -2.30. The van der Waals surface area contributed by atoms with Gasteiger partial charge >= 0.3 is 0 Å². The van der Waals surface area contributed by atoms with Gasteiger partial charge in [-0.05, 0) is 24.2 Å². The van der Waals surface area contributed by atoms with E-state index in [-0.39, 0.29) is 6.10 Å². The van der Waals surface area contributed by atoms with E-state index in [0.717, 1.165) is 0 Å². The average molecular weight is 200 g/mol. The van der Waals surface area contributed by atoms with Crippen molar-refractivity contribution >= 4 is 0 Å². The zero-order valence-electron chi connectivity index (χ0n) is 10.6. The summed E-state index contributed by atoms with van der Waals surface area (Å²) in [6.45, 7) is 10.9. The Labute approximate surface area is 89.9 Å². The Morgan fingerprint density at radius 2 is 1.64 bits per heavy atom. The van der Waals surface area contributed by atoms with Crippen molar-refractivity contribution in [1.82, 2.24) is 0 Å². The molecule has 0 aromatic heterocycles. The van der Waals surface area contributed by atoms with Gasteiger partial charge in [0.25, 0.3) is 0 Å². The summed E-state index contributed by atoms with van der Waals surface area (Å²) in [5.41, 5.74) is 0. The molecule has 14 heavy (non-hydrogen) atoms. The van der Waals surface area contributed by atoms with E-state index in [0.29, 0.717) is 17.8 Å². The summed E-state index contributed by atoms with van der Waals surface area (Å²) in [7, 11) is 0. The standard InChI is InChI=1S/C13H28O/c1-6-8-9-12(11(5)7-2)13(14)10(3)4/h10-14H,6-9H2,1-5H3. The molecule has 0 bridgehead atoms. The molecule has 0 saturated carbocycles. The lowest BCUT2D eigenvalue weighted by Gasteiger charge is -2.30. The molecule has 0 aliphatic heterocycles. The van der Waals surface area contributed by atoms with Crippen LogP contribution in [0.5, 0.6) is 0 Å². The van der Waals surface area contributed by atoms with Crippen LogP contribution in [0.25, 0.3) is 0 Å². The lowest BCUT2D eigenvalue weighted by molar-refractivity contribution is 0.0321. The summed E-state index contributed by atoms with van der Waals surface area (Å²) >= 11 is 0. The van der Waals surface area contributed by atoms with E-state index in [9.17, 15) is 5.11 Å². The van der Waals surface area contributed by atoms with Gasteiger partial charge < -0.3 is 5.11 Å². The number of hydrogen-bond donors (Lipinski definition) is 1. The van der Waals surface area contributed by atoms with Crippen molar-refractivity contribution in [2.45, 2.75) is 66.4 Å². The van der Waals surface area contributed by atoms with Crippen LogP contribution >= 0.6 is 0 Å². The first-order chi connectivity index (χ1) is 6.54. The summed E-state index contributed by atoms with van der Waals surface area (Å²) in [5, 5.41) is 10.1. The summed E-state index contributed by atoms with van der Waals surface area (Å²) in [4.78, 5) is 0. The average Bonchev–Trinajstić information content (AvgIpc) is 2.17. The zero-order chi connectivity index (χ0) is 11.1. The molecule has 0 amide bonds. The van der Waals surface area contributed by atoms with Gasteiger partial charge in [0.15, 0.2) is 0 Å². The highest BCUT2D eigenvalue weighted by molar-refractivity contribution is 4.75. The molecule has 3 atom stereocenters. The van der Waals surface area contributed by atoms with Crippen molar-refractivity contribution in [1.29, 1.82) is 0 Å². The molecular weight excluding hydrogens is 172 g/mol. The second-order valence-electron chi connectivity index (χ2n) is 4.93. The van der Waals surface area contributed by atoms with Crippen molar-refractivity contribution in [3.8, 4) is 0 Å². The third-order valence-electron chi connectivity index (χ3n) is 3.39. The largest absolute Gasteiger partial charge is 0.393 e. The molecule has 0 rings (SSSR count).